The van der Waals surface area contributed by atoms with Crippen LogP contribution in [0.2, 0.25) is 0 Å². The average Bonchev–Trinajstić information content (AvgIpc) is 3.17. The maximum atomic E-state index is 12.7. The zero-order valence-electron chi connectivity index (χ0n) is 14.8. The zero-order chi connectivity index (χ0) is 16.4. The van der Waals surface area contributed by atoms with Crippen LogP contribution in [0.3, 0.4) is 0 Å². The van der Waals surface area contributed by atoms with Crippen molar-refractivity contribution in [3.63, 3.8) is 0 Å². The van der Waals surface area contributed by atoms with Gasteiger partial charge in [-0.05, 0) is 44.2 Å². The summed E-state index contributed by atoms with van der Waals surface area (Å²) in [6, 6.07) is 2.19. The van der Waals surface area contributed by atoms with E-state index in [0.717, 1.165) is 64.1 Å². The summed E-state index contributed by atoms with van der Waals surface area (Å²) in [6.07, 6.45) is 4.12. The van der Waals surface area contributed by atoms with Gasteiger partial charge in [-0.2, -0.15) is 5.10 Å². The largest absolute Gasteiger partial charge is 0.342 e. The highest BCUT2D eigenvalue weighted by molar-refractivity contribution is 5.85. The van der Waals surface area contributed by atoms with E-state index < -0.39 is 0 Å². The molecule has 1 amide bonds. The predicted octanol–water partition coefficient (Wildman–Crippen LogP) is 2.44. The number of carbonyl (C=O) groups excluding carboxylic acids is 1. The van der Waals surface area contributed by atoms with Gasteiger partial charge in [0.05, 0.1) is 11.1 Å². The minimum absolute atomic E-state index is 0.101. The quantitative estimate of drug-likeness (QED) is 0.876. The number of rotatable bonds is 6. The van der Waals surface area contributed by atoms with Crippen molar-refractivity contribution in [2.24, 2.45) is 11.3 Å². The predicted molar refractivity (Wildman–Crippen MR) is 90.9 cm³/mol. The van der Waals surface area contributed by atoms with Crippen LogP contribution in [0.5, 0.6) is 0 Å². The molecule has 0 radical (unpaired) electrons. The van der Waals surface area contributed by atoms with Gasteiger partial charge in [0.1, 0.15) is 0 Å². The number of H-pyrrole nitrogens is 1. The van der Waals surface area contributed by atoms with Crippen molar-refractivity contribution >= 4 is 5.91 Å². The first-order valence-corrected chi connectivity index (χ1v) is 9.07. The van der Waals surface area contributed by atoms with Gasteiger partial charge in [0.25, 0.3) is 0 Å². The molecule has 1 aromatic rings. The van der Waals surface area contributed by atoms with Crippen molar-refractivity contribution in [2.45, 2.75) is 53.0 Å². The number of aromatic amines is 1. The molecule has 1 unspecified atom stereocenters. The molecule has 0 saturated carbocycles. The molecule has 0 bridgehead atoms. The summed E-state index contributed by atoms with van der Waals surface area (Å²) in [5, 5.41) is 7.58. The molecule has 1 aromatic heterocycles. The summed E-state index contributed by atoms with van der Waals surface area (Å²) in [7, 11) is 0. The van der Waals surface area contributed by atoms with Gasteiger partial charge in [-0.25, -0.2) is 0 Å². The highest BCUT2D eigenvalue weighted by atomic mass is 16.2. The summed E-state index contributed by atoms with van der Waals surface area (Å²) in [5.41, 5.74) is 2.22. The molecule has 2 saturated heterocycles. The Labute approximate surface area is 139 Å². The Bertz CT molecular complexity index is 553. The highest BCUT2D eigenvalue weighted by Crippen LogP contribution is 2.41. The van der Waals surface area contributed by atoms with E-state index in [0.29, 0.717) is 11.8 Å². The van der Waals surface area contributed by atoms with Crippen molar-refractivity contribution in [3.05, 3.63) is 17.5 Å². The van der Waals surface area contributed by atoms with Crippen LogP contribution in [0.1, 0.15) is 51.4 Å². The minimum Gasteiger partial charge on any atom is -0.342 e. The van der Waals surface area contributed by atoms with Crippen LogP contribution < -0.4 is 0 Å². The summed E-state index contributed by atoms with van der Waals surface area (Å²) < 4.78 is 0. The molecule has 3 heterocycles. The molecule has 2 fully saturated rings. The van der Waals surface area contributed by atoms with E-state index in [4.69, 9.17) is 0 Å². The fourth-order valence-corrected chi connectivity index (χ4v) is 4.10. The van der Waals surface area contributed by atoms with E-state index in [1.54, 1.807) is 0 Å². The third-order valence-electron chi connectivity index (χ3n) is 5.22. The fourth-order valence-electron chi connectivity index (χ4n) is 4.10. The summed E-state index contributed by atoms with van der Waals surface area (Å²) in [6.45, 7) is 11.2. The molecule has 0 aliphatic carbocycles. The van der Waals surface area contributed by atoms with E-state index >= 15 is 0 Å². The SMILES string of the molecule is CCCN1CCC2(CCN(Cc3cc(CC(C)C)n[nH]3)C2)C1=O. The number of hydrogen-bond acceptors (Lipinski definition) is 3. The lowest BCUT2D eigenvalue weighted by Gasteiger charge is -2.23. The Morgan fingerprint density at radius 2 is 2.13 bits per heavy atom. The van der Waals surface area contributed by atoms with E-state index in [1.807, 2.05) is 0 Å². The van der Waals surface area contributed by atoms with Crippen molar-refractivity contribution in [2.75, 3.05) is 26.2 Å². The molecule has 3 rings (SSSR count). The third kappa shape index (κ3) is 3.44. The lowest BCUT2D eigenvalue weighted by Crippen LogP contribution is -2.37. The van der Waals surface area contributed by atoms with Crippen molar-refractivity contribution in [1.29, 1.82) is 0 Å². The third-order valence-corrected chi connectivity index (χ3v) is 5.22. The van der Waals surface area contributed by atoms with E-state index in [2.05, 4.69) is 46.8 Å². The maximum absolute atomic E-state index is 12.7. The van der Waals surface area contributed by atoms with Gasteiger partial charge in [0.2, 0.25) is 5.91 Å². The number of amides is 1. The number of nitrogens with one attached hydrogen (secondary N) is 1. The summed E-state index contributed by atoms with van der Waals surface area (Å²) in [5.74, 6) is 1.02. The first-order chi connectivity index (χ1) is 11.0. The molecule has 2 aliphatic heterocycles. The van der Waals surface area contributed by atoms with Crippen molar-refractivity contribution < 1.29 is 4.79 Å². The highest BCUT2D eigenvalue weighted by Gasteiger charge is 2.50. The molecule has 0 aromatic carbocycles. The van der Waals surface area contributed by atoms with Crippen LogP contribution in [0.4, 0.5) is 0 Å². The Balaban J connectivity index is 1.58. The van der Waals surface area contributed by atoms with Crippen LogP contribution in [0.25, 0.3) is 0 Å². The molecule has 1 N–H and O–H groups in total. The van der Waals surface area contributed by atoms with E-state index in [1.165, 1.54) is 5.69 Å². The molecular weight excluding hydrogens is 288 g/mol. The second-order valence-corrected chi connectivity index (χ2v) is 7.77. The van der Waals surface area contributed by atoms with Gasteiger partial charge in [-0.3, -0.25) is 14.8 Å². The van der Waals surface area contributed by atoms with Gasteiger partial charge in [0.15, 0.2) is 0 Å². The normalized spacial score (nSPS) is 25.4. The smallest absolute Gasteiger partial charge is 0.230 e. The molecule has 23 heavy (non-hydrogen) atoms. The molecule has 128 valence electrons. The van der Waals surface area contributed by atoms with Crippen LogP contribution >= 0.6 is 0 Å². The topological polar surface area (TPSA) is 52.2 Å². The molecule has 5 heteroatoms. The first kappa shape index (κ1) is 16.5. The Kier molecular flexibility index (Phi) is 4.76. The van der Waals surface area contributed by atoms with Gasteiger partial charge in [-0.15, -0.1) is 0 Å². The summed E-state index contributed by atoms with van der Waals surface area (Å²) in [4.78, 5) is 17.2. The van der Waals surface area contributed by atoms with Gasteiger partial charge in [0, 0.05) is 31.9 Å². The van der Waals surface area contributed by atoms with Crippen LogP contribution in [0, 0.1) is 11.3 Å². The minimum atomic E-state index is -0.101. The van der Waals surface area contributed by atoms with Crippen LogP contribution in [0.15, 0.2) is 6.07 Å². The molecule has 2 aliphatic rings. The van der Waals surface area contributed by atoms with Crippen molar-refractivity contribution in [3.8, 4) is 0 Å². The molecule has 1 atom stereocenters. The molecule has 1 spiro atoms. The lowest BCUT2D eigenvalue weighted by atomic mass is 9.85. The van der Waals surface area contributed by atoms with Crippen molar-refractivity contribution in [1.82, 2.24) is 20.0 Å². The Morgan fingerprint density at radius 3 is 2.87 bits per heavy atom. The van der Waals surface area contributed by atoms with Gasteiger partial charge < -0.3 is 4.90 Å². The fraction of sp³-hybridized carbons (Fsp3) is 0.778. The van der Waals surface area contributed by atoms with Gasteiger partial charge >= 0.3 is 0 Å². The average molecular weight is 318 g/mol. The Morgan fingerprint density at radius 1 is 1.35 bits per heavy atom. The van der Waals surface area contributed by atoms with Gasteiger partial charge in [-0.1, -0.05) is 20.8 Å². The van der Waals surface area contributed by atoms with E-state index in [9.17, 15) is 4.79 Å². The number of carbonyl (C=O) groups is 1. The summed E-state index contributed by atoms with van der Waals surface area (Å²) >= 11 is 0. The second kappa shape index (κ2) is 6.63. The zero-order valence-corrected chi connectivity index (χ0v) is 14.8. The first-order valence-electron chi connectivity index (χ1n) is 9.07. The lowest BCUT2D eigenvalue weighted by molar-refractivity contribution is -0.135. The standard InChI is InChI=1S/C18H30N4O/c1-4-7-22-9-6-18(17(22)23)5-8-21(13-18)12-16-11-15(19-20-16)10-14(2)3/h11,14H,4-10,12-13H2,1-3H3,(H,19,20). The molecular formula is C18H30N4O. The van der Waals surface area contributed by atoms with Crippen LogP contribution in [-0.4, -0.2) is 52.1 Å². The number of likely N-dealkylation sites (tertiary alicyclic amines) is 2. The van der Waals surface area contributed by atoms with Crippen LogP contribution in [-0.2, 0) is 17.8 Å². The monoisotopic (exact) mass is 318 g/mol. The number of aromatic nitrogens is 2. The second-order valence-electron chi connectivity index (χ2n) is 7.77. The maximum Gasteiger partial charge on any atom is 0.230 e. The Hall–Kier alpha value is -1.36. The number of nitrogens with zero attached hydrogens (tertiary/aromatic N) is 3. The number of hydrogen-bond donors (Lipinski definition) is 1. The van der Waals surface area contributed by atoms with E-state index in [-0.39, 0.29) is 5.41 Å². The molecule has 5 nitrogen and oxygen atoms in total.